The molecule has 0 radical (unpaired) electrons. The van der Waals surface area contributed by atoms with Crippen LogP contribution in [0.4, 0.5) is 0 Å². The second-order valence-corrected chi connectivity index (χ2v) is 10.3. The van der Waals surface area contributed by atoms with E-state index in [9.17, 15) is 13.6 Å². The van der Waals surface area contributed by atoms with Crippen molar-refractivity contribution in [2.45, 2.75) is 35.7 Å². The molecule has 2 aliphatic carbocycles. The number of nitrogens with two attached hydrogens (primary N) is 1. The Morgan fingerprint density at radius 1 is 1.29 bits per heavy atom. The monoisotopic (exact) mass is 548 g/mol. The third kappa shape index (κ3) is 5.18. The van der Waals surface area contributed by atoms with Gasteiger partial charge in [-0.3, -0.25) is 4.79 Å². The molecule has 2 saturated carbocycles. The first kappa shape index (κ1) is 22.8. The lowest BCUT2D eigenvalue weighted by atomic mass is 10.2. The molecule has 1 amide bonds. The molecular formula is C20H19BrCl2N2O5S. The topological polar surface area (TPSA) is 111 Å². The average Bonchev–Trinajstić information content (AvgIpc) is 3.61. The van der Waals surface area contributed by atoms with Gasteiger partial charge in [0.15, 0.2) is 16.8 Å². The van der Waals surface area contributed by atoms with Crippen molar-refractivity contribution >= 4 is 56.1 Å². The molecule has 2 aromatic rings. The molecule has 2 aliphatic rings. The quantitative estimate of drug-likeness (QED) is 0.418. The lowest BCUT2D eigenvalue weighted by Gasteiger charge is -2.15. The van der Waals surface area contributed by atoms with Gasteiger partial charge in [-0.25, -0.2) is 4.21 Å². The lowest BCUT2D eigenvalue weighted by molar-refractivity contribution is -0.123. The molecule has 11 heteroatoms. The smallest absolute Gasteiger partial charge is 0.240 e. The number of benzene rings is 2. The minimum atomic E-state index is -2.33. The van der Waals surface area contributed by atoms with Crippen molar-refractivity contribution in [3.63, 3.8) is 0 Å². The highest BCUT2D eigenvalue weighted by Gasteiger charge is 2.58. The number of halogens is 3. The van der Waals surface area contributed by atoms with Crippen LogP contribution in [0.2, 0.25) is 10.0 Å². The predicted octanol–water partition coefficient (Wildman–Crippen LogP) is 4.50. The van der Waals surface area contributed by atoms with Crippen molar-refractivity contribution in [3.8, 4) is 17.2 Å². The highest BCUT2D eigenvalue weighted by atomic mass is 79.9. The largest absolute Gasteiger partial charge is 0.492 e. The van der Waals surface area contributed by atoms with Crippen molar-refractivity contribution in [2.75, 3.05) is 6.61 Å². The Hall–Kier alpha value is -1.36. The van der Waals surface area contributed by atoms with Gasteiger partial charge in [-0.05, 0) is 43.5 Å². The zero-order valence-electron chi connectivity index (χ0n) is 16.1. The first-order valence-corrected chi connectivity index (χ1v) is 12.1. The standard InChI is InChI=1S/C20H19BrCl2N2O5S/c21-11-5-14(22)18(15(23)6-11)30-13-3-4-16(17(7-13)31(27)28)29-9-10-8-20(10,24)19(26)25-12-1-2-12/h3-7,10,12H,1-2,8-9,24H2,(H,25,26)(H,27,28). The van der Waals surface area contributed by atoms with Gasteiger partial charge in [-0.2, -0.15) is 0 Å². The van der Waals surface area contributed by atoms with Crippen LogP contribution in [-0.2, 0) is 15.9 Å². The van der Waals surface area contributed by atoms with Crippen molar-refractivity contribution in [1.82, 2.24) is 5.32 Å². The second-order valence-electron chi connectivity index (χ2n) is 7.66. The maximum atomic E-state index is 12.2. The van der Waals surface area contributed by atoms with E-state index < -0.39 is 16.6 Å². The summed E-state index contributed by atoms with van der Waals surface area (Å²) in [7, 11) is 0. The summed E-state index contributed by atoms with van der Waals surface area (Å²) in [5, 5.41) is 3.47. The van der Waals surface area contributed by atoms with E-state index in [1.165, 1.54) is 12.1 Å². The lowest BCUT2D eigenvalue weighted by Crippen LogP contribution is -2.46. The molecule has 0 bridgehead atoms. The molecule has 2 aromatic carbocycles. The summed E-state index contributed by atoms with van der Waals surface area (Å²) in [6.07, 6.45) is 2.48. The Bertz CT molecular complexity index is 1040. The molecule has 0 heterocycles. The van der Waals surface area contributed by atoms with E-state index in [2.05, 4.69) is 21.2 Å². The van der Waals surface area contributed by atoms with Crippen LogP contribution < -0.4 is 20.5 Å². The second kappa shape index (κ2) is 8.88. The number of carbonyl (C=O) groups is 1. The van der Waals surface area contributed by atoms with Crippen LogP contribution in [0.5, 0.6) is 17.2 Å². The molecule has 4 rings (SSSR count). The molecule has 0 aliphatic heterocycles. The highest BCUT2D eigenvalue weighted by molar-refractivity contribution is 9.10. The zero-order valence-corrected chi connectivity index (χ0v) is 20.0. The molecule has 3 unspecified atom stereocenters. The Labute approximate surface area is 200 Å². The van der Waals surface area contributed by atoms with Gasteiger partial charge in [0, 0.05) is 22.5 Å². The molecular weight excluding hydrogens is 531 g/mol. The van der Waals surface area contributed by atoms with Crippen LogP contribution in [-0.4, -0.2) is 32.9 Å². The van der Waals surface area contributed by atoms with Crippen molar-refractivity contribution < 1.29 is 23.0 Å². The SMILES string of the molecule is NC1(C(=O)NC2CC2)CC1COc1ccc(Oc2c(Cl)cc(Br)cc2Cl)cc1S(=O)O. The summed E-state index contributed by atoms with van der Waals surface area (Å²) in [5.41, 5.74) is 5.23. The van der Waals surface area contributed by atoms with E-state index in [-0.39, 0.29) is 56.7 Å². The Balaban J connectivity index is 1.45. The summed E-state index contributed by atoms with van der Waals surface area (Å²) < 4.78 is 33.7. The molecule has 0 aromatic heterocycles. The van der Waals surface area contributed by atoms with Crippen molar-refractivity contribution in [1.29, 1.82) is 0 Å². The number of rotatable bonds is 8. The molecule has 0 saturated heterocycles. The van der Waals surface area contributed by atoms with Gasteiger partial charge < -0.3 is 25.1 Å². The number of hydrogen-bond acceptors (Lipinski definition) is 5. The van der Waals surface area contributed by atoms with Crippen LogP contribution in [0.25, 0.3) is 0 Å². The number of nitrogens with one attached hydrogen (secondary N) is 1. The van der Waals surface area contributed by atoms with E-state index in [1.54, 1.807) is 18.2 Å². The molecule has 0 spiro atoms. The maximum Gasteiger partial charge on any atom is 0.240 e. The van der Waals surface area contributed by atoms with Crippen LogP contribution in [0.15, 0.2) is 39.7 Å². The minimum absolute atomic E-state index is 0.0209. The van der Waals surface area contributed by atoms with E-state index in [0.29, 0.717) is 10.9 Å². The number of ether oxygens (including phenoxy) is 2. The van der Waals surface area contributed by atoms with Crippen LogP contribution >= 0.6 is 39.1 Å². The predicted molar refractivity (Wildman–Crippen MR) is 121 cm³/mol. The van der Waals surface area contributed by atoms with Gasteiger partial charge in [0.05, 0.1) is 16.7 Å². The fourth-order valence-electron chi connectivity index (χ4n) is 3.12. The van der Waals surface area contributed by atoms with Crippen molar-refractivity contribution in [3.05, 3.63) is 44.8 Å². The summed E-state index contributed by atoms with van der Waals surface area (Å²) in [4.78, 5) is 12.3. The van der Waals surface area contributed by atoms with E-state index in [1.807, 2.05) is 0 Å². The van der Waals surface area contributed by atoms with E-state index in [4.69, 9.17) is 38.4 Å². The summed E-state index contributed by atoms with van der Waals surface area (Å²) in [6.45, 7) is 0.156. The Morgan fingerprint density at radius 2 is 1.97 bits per heavy atom. The van der Waals surface area contributed by atoms with E-state index in [0.717, 1.165) is 12.8 Å². The molecule has 7 nitrogen and oxygen atoms in total. The molecule has 3 atom stereocenters. The number of amides is 1. The number of carbonyl (C=O) groups excluding carboxylic acids is 1. The first-order valence-electron chi connectivity index (χ1n) is 9.47. The normalized spacial score (nSPS) is 23.2. The van der Waals surface area contributed by atoms with Gasteiger partial charge >= 0.3 is 0 Å². The summed E-state index contributed by atoms with van der Waals surface area (Å²) in [6, 6.07) is 7.95. The van der Waals surface area contributed by atoms with Gasteiger partial charge in [-0.1, -0.05) is 39.1 Å². The maximum absolute atomic E-state index is 12.2. The molecule has 166 valence electrons. The molecule has 2 fully saturated rings. The Morgan fingerprint density at radius 3 is 2.58 bits per heavy atom. The van der Waals surface area contributed by atoms with Crippen LogP contribution in [0, 0.1) is 5.92 Å². The average molecular weight is 550 g/mol. The van der Waals surface area contributed by atoms with Gasteiger partial charge in [0.1, 0.15) is 21.9 Å². The van der Waals surface area contributed by atoms with Gasteiger partial charge in [0.2, 0.25) is 5.91 Å². The van der Waals surface area contributed by atoms with E-state index >= 15 is 0 Å². The highest BCUT2D eigenvalue weighted by Crippen LogP contribution is 2.43. The molecule has 4 N–H and O–H groups in total. The van der Waals surface area contributed by atoms with Crippen LogP contribution in [0.1, 0.15) is 19.3 Å². The third-order valence-electron chi connectivity index (χ3n) is 5.21. The molecule has 31 heavy (non-hydrogen) atoms. The van der Waals surface area contributed by atoms with Gasteiger partial charge in [-0.15, -0.1) is 0 Å². The Kier molecular flexibility index (Phi) is 6.54. The zero-order chi connectivity index (χ0) is 22.3. The number of hydrogen-bond donors (Lipinski definition) is 3. The first-order chi connectivity index (χ1) is 14.7. The summed E-state index contributed by atoms with van der Waals surface area (Å²) in [5.74, 6) is 0.365. The summed E-state index contributed by atoms with van der Waals surface area (Å²) >= 11 is 13.3. The fraction of sp³-hybridized carbons (Fsp3) is 0.350. The van der Waals surface area contributed by atoms with Crippen molar-refractivity contribution in [2.24, 2.45) is 11.7 Å². The third-order valence-corrected chi connectivity index (χ3v) is 6.93. The van der Waals surface area contributed by atoms with Gasteiger partial charge in [0.25, 0.3) is 0 Å². The van der Waals surface area contributed by atoms with Crippen LogP contribution in [0.3, 0.4) is 0 Å². The fourth-order valence-corrected chi connectivity index (χ4v) is 4.93. The minimum Gasteiger partial charge on any atom is -0.492 e.